The standard InChI is InChI=1S/C18H16N2/c1-3-19-14-20-18-12-9-15(2)13-17(18)11-10-16-7-5-4-6-8-16/h4-9,12-13H,3H2,1-2H3. The first kappa shape index (κ1) is 13.8. The summed E-state index contributed by atoms with van der Waals surface area (Å²) in [6, 6.07) is 18.6. The molecule has 0 amide bonds. The van der Waals surface area contributed by atoms with Gasteiger partial charge >= 0.3 is 0 Å². The maximum Gasteiger partial charge on any atom is 0.0949 e. The molecule has 0 saturated heterocycles. The molecule has 0 unspecified atom stereocenters. The summed E-state index contributed by atoms with van der Waals surface area (Å²) < 4.78 is 0. The molecule has 0 aromatic heterocycles. The monoisotopic (exact) mass is 260 g/mol. The second-order valence-corrected chi connectivity index (χ2v) is 4.32. The molecule has 0 saturated carbocycles. The SMILES string of the molecule is CCN=C=Nc1ccc(C)cc1C#Cc1ccccc1. The van der Waals surface area contributed by atoms with E-state index in [1.54, 1.807) is 0 Å². The Morgan fingerprint density at radius 3 is 2.55 bits per heavy atom. The van der Waals surface area contributed by atoms with Crippen LogP contribution in [0.3, 0.4) is 0 Å². The topological polar surface area (TPSA) is 24.7 Å². The highest BCUT2D eigenvalue weighted by atomic mass is 14.8. The number of hydrogen-bond acceptors (Lipinski definition) is 2. The van der Waals surface area contributed by atoms with Crippen molar-refractivity contribution in [2.75, 3.05) is 6.54 Å². The number of benzene rings is 2. The number of nitrogens with zero attached hydrogens (tertiary/aromatic N) is 2. The van der Waals surface area contributed by atoms with Gasteiger partial charge in [0.25, 0.3) is 0 Å². The van der Waals surface area contributed by atoms with Gasteiger partial charge in [-0.1, -0.05) is 36.1 Å². The number of hydrogen-bond donors (Lipinski definition) is 0. The molecule has 0 radical (unpaired) electrons. The van der Waals surface area contributed by atoms with Crippen molar-refractivity contribution in [3.05, 3.63) is 65.2 Å². The highest BCUT2D eigenvalue weighted by Crippen LogP contribution is 2.19. The minimum absolute atomic E-state index is 0.681. The molecule has 2 rings (SSSR count). The van der Waals surface area contributed by atoms with Crippen LogP contribution in [0.25, 0.3) is 0 Å². The van der Waals surface area contributed by atoms with Crippen LogP contribution in [0, 0.1) is 18.8 Å². The number of aryl methyl sites for hydroxylation is 1. The number of rotatable bonds is 2. The van der Waals surface area contributed by atoms with Crippen LogP contribution in [-0.4, -0.2) is 12.6 Å². The second-order valence-electron chi connectivity index (χ2n) is 4.32. The van der Waals surface area contributed by atoms with Crippen LogP contribution < -0.4 is 0 Å². The lowest BCUT2D eigenvalue weighted by molar-refractivity contribution is 1.14. The molecule has 0 aliphatic carbocycles. The van der Waals surface area contributed by atoms with E-state index in [0.29, 0.717) is 6.54 Å². The summed E-state index contributed by atoms with van der Waals surface area (Å²) in [6.45, 7) is 4.68. The van der Waals surface area contributed by atoms with Gasteiger partial charge in [-0.2, -0.15) is 4.99 Å². The maximum atomic E-state index is 4.23. The highest BCUT2D eigenvalue weighted by molar-refractivity contribution is 5.62. The van der Waals surface area contributed by atoms with E-state index in [1.165, 1.54) is 0 Å². The summed E-state index contributed by atoms with van der Waals surface area (Å²) in [7, 11) is 0. The Hall–Kier alpha value is -2.62. The lowest BCUT2D eigenvalue weighted by Gasteiger charge is -1.98. The first-order valence-corrected chi connectivity index (χ1v) is 6.59. The van der Waals surface area contributed by atoms with Crippen LogP contribution in [0.15, 0.2) is 58.5 Å². The van der Waals surface area contributed by atoms with Crippen LogP contribution in [-0.2, 0) is 0 Å². The first-order chi connectivity index (χ1) is 9.79. The molecule has 2 aromatic carbocycles. The molecule has 20 heavy (non-hydrogen) atoms. The molecule has 2 aromatic rings. The minimum atomic E-state index is 0.681. The van der Waals surface area contributed by atoms with Crippen LogP contribution >= 0.6 is 0 Å². The van der Waals surface area contributed by atoms with Crippen molar-refractivity contribution in [1.29, 1.82) is 0 Å². The largest absolute Gasteiger partial charge is 0.226 e. The van der Waals surface area contributed by atoms with Gasteiger partial charge in [0.1, 0.15) is 0 Å². The fourth-order valence-corrected chi connectivity index (χ4v) is 1.67. The highest BCUT2D eigenvalue weighted by Gasteiger charge is 1.98. The van der Waals surface area contributed by atoms with Gasteiger partial charge in [-0.05, 0) is 43.7 Å². The summed E-state index contributed by atoms with van der Waals surface area (Å²) in [5.74, 6) is 6.32. The van der Waals surface area contributed by atoms with E-state index in [2.05, 4.69) is 27.8 Å². The first-order valence-electron chi connectivity index (χ1n) is 6.59. The average Bonchev–Trinajstić information content (AvgIpc) is 2.48. The molecule has 2 heteroatoms. The molecule has 0 N–H and O–H groups in total. The third-order valence-corrected chi connectivity index (χ3v) is 2.67. The van der Waals surface area contributed by atoms with Crippen LogP contribution in [0.5, 0.6) is 0 Å². The Balaban J connectivity index is 2.38. The van der Waals surface area contributed by atoms with E-state index < -0.39 is 0 Å². The summed E-state index contributed by atoms with van der Waals surface area (Å²) >= 11 is 0. The Kier molecular flexibility index (Phi) is 4.89. The minimum Gasteiger partial charge on any atom is -0.226 e. The fraction of sp³-hybridized carbons (Fsp3) is 0.167. The van der Waals surface area contributed by atoms with Gasteiger partial charge in [0.2, 0.25) is 0 Å². The van der Waals surface area contributed by atoms with Crippen molar-refractivity contribution < 1.29 is 0 Å². The molecule has 0 spiro atoms. The summed E-state index contributed by atoms with van der Waals surface area (Å²) in [6.07, 6.45) is 0. The third kappa shape index (κ3) is 3.95. The molecule has 0 fully saturated rings. The van der Waals surface area contributed by atoms with Crippen molar-refractivity contribution in [2.24, 2.45) is 9.98 Å². The van der Waals surface area contributed by atoms with Gasteiger partial charge in [0.05, 0.1) is 17.3 Å². The molecule has 0 aliphatic rings. The van der Waals surface area contributed by atoms with Crippen molar-refractivity contribution >= 4 is 11.7 Å². The lowest BCUT2D eigenvalue weighted by atomic mass is 10.1. The van der Waals surface area contributed by atoms with E-state index in [1.807, 2.05) is 62.4 Å². The van der Waals surface area contributed by atoms with E-state index in [9.17, 15) is 0 Å². The third-order valence-electron chi connectivity index (χ3n) is 2.67. The lowest BCUT2D eigenvalue weighted by Crippen LogP contribution is -1.80. The normalized spacial score (nSPS) is 9.10. The molecule has 2 nitrogen and oxygen atoms in total. The Labute approximate surface area is 119 Å². The van der Waals surface area contributed by atoms with E-state index in [4.69, 9.17) is 0 Å². The predicted molar refractivity (Wildman–Crippen MR) is 83.7 cm³/mol. The van der Waals surface area contributed by atoms with E-state index >= 15 is 0 Å². The Morgan fingerprint density at radius 1 is 1.00 bits per heavy atom. The Bertz CT molecular complexity index is 697. The average molecular weight is 260 g/mol. The molecule has 0 bridgehead atoms. The molecule has 98 valence electrons. The fourth-order valence-electron chi connectivity index (χ4n) is 1.67. The van der Waals surface area contributed by atoms with Gasteiger partial charge in [-0.3, -0.25) is 0 Å². The molecule has 0 atom stereocenters. The van der Waals surface area contributed by atoms with Crippen molar-refractivity contribution in [3.8, 4) is 11.8 Å². The summed E-state index contributed by atoms with van der Waals surface area (Å²) in [5, 5.41) is 0. The van der Waals surface area contributed by atoms with Gasteiger partial charge < -0.3 is 0 Å². The van der Waals surface area contributed by atoms with E-state index in [-0.39, 0.29) is 0 Å². The molecular formula is C18H16N2. The maximum absolute atomic E-state index is 4.23. The molecule has 0 heterocycles. The van der Waals surface area contributed by atoms with Crippen LogP contribution in [0.4, 0.5) is 5.69 Å². The predicted octanol–water partition coefficient (Wildman–Crippen LogP) is 4.22. The molecule has 0 aliphatic heterocycles. The second kappa shape index (κ2) is 7.09. The van der Waals surface area contributed by atoms with E-state index in [0.717, 1.165) is 22.4 Å². The van der Waals surface area contributed by atoms with Crippen molar-refractivity contribution in [2.45, 2.75) is 13.8 Å². The van der Waals surface area contributed by atoms with Crippen LogP contribution in [0.2, 0.25) is 0 Å². The summed E-state index contributed by atoms with van der Waals surface area (Å²) in [5.41, 5.74) is 3.85. The van der Waals surface area contributed by atoms with Gasteiger partial charge in [0.15, 0.2) is 0 Å². The quantitative estimate of drug-likeness (QED) is 0.570. The smallest absolute Gasteiger partial charge is 0.0949 e. The zero-order valence-electron chi connectivity index (χ0n) is 11.7. The zero-order chi connectivity index (χ0) is 14.2. The molecular weight excluding hydrogens is 244 g/mol. The van der Waals surface area contributed by atoms with Gasteiger partial charge in [-0.25, -0.2) is 4.99 Å². The van der Waals surface area contributed by atoms with Crippen molar-refractivity contribution in [1.82, 2.24) is 0 Å². The Morgan fingerprint density at radius 2 is 1.80 bits per heavy atom. The van der Waals surface area contributed by atoms with Crippen LogP contribution in [0.1, 0.15) is 23.6 Å². The van der Waals surface area contributed by atoms with Gasteiger partial charge in [0, 0.05) is 12.1 Å². The van der Waals surface area contributed by atoms with Gasteiger partial charge in [-0.15, -0.1) is 0 Å². The summed E-state index contributed by atoms with van der Waals surface area (Å²) in [4.78, 5) is 8.21. The zero-order valence-corrected chi connectivity index (χ0v) is 11.7. The number of aliphatic imine (C=N–C) groups is 2. The van der Waals surface area contributed by atoms with Crippen molar-refractivity contribution in [3.63, 3.8) is 0 Å².